The van der Waals surface area contributed by atoms with E-state index in [1.165, 1.54) is 0 Å². The number of nitrogens with one attached hydrogen (secondary N) is 1. The normalized spacial score (nSPS) is 12.2. The van der Waals surface area contributed by atoms with Gasteiger partial charge < -0.3 is 10.4 Å². The van der Waals surface area contributed by atoms with Crippen LogP contribution in [0.3, 0.4) is 0 Å². The Balaban J connectivity index is 2.07. The predicted molar refractivity (Wildman–Crippen MR) is 95.7 cm³/mol. The summed E-state index contributed by atoms with van der Waals surface area (Å²) in [7, 11) is 0. The molecule has 0 radical (unpaired) electrons. The van der Waals surface area contributed by atoms with Crippen molar-refractivity contribution in [1.82, 2.24) is 9.88 Å². The number of amides is 1. The maximum atomic E-state index is 12.6. The van der Waals surface area contributed by atoms with Crippen LogP contribution in [0.1, 0.15) is 23.6 Å². The van der Waals surface area contributed by atoms with Crippen LogP contribution in [0.25, 0.3) is 0 Å². The lowest BCUT2D eigenvalue weighted by Gasteiger charge is -2.27. The second-order valence-corrected chi connectivity index (χ2v) is 6.10. The Hall–Kier alpha value is -2.24. The number of nitrogens with zero attached hydrogens (tertiary/aromatic N) is 2. The number of anilines is 1. The van der Waals surface area contributed by atoms with Crippen molar-refractivity contribution < 1.29 is 9.90 Å². The number of aliphatic hydroxyl groups excluding tert-OH is 1. The van der Waals surface area contributed by atoms with Crippen LogP contribution in [0.15, 0.2) is 42.7 Å². The third-order valence-corrected chi connectivity index (χ3v) is 3.91. The van der Waals surface area contributed by atoms with E-state index in [4.69, 9.17) is 0 Å². The van der Waals surface area contributed by atoms with E-state index < -0.39 is 0 Å². The van der Waals surface area contributed by atoms with Crippen molar-refractivity contribution in [2.75, 3.05) is 18.5 Å². The summed E-state index contributed by atoms with van der Waals surface area (Å²) in [5.41, 5.74) is 4.03. The van der Waals surface area contributed by atoms with Crippen molar-refractivity contribution in [1.29, 1.82) is 0 Å². The Morgan fingerprint density at radius 3 is 2.58 bits per heavy atom. The molecule has 128 valence electrons. The number of rotatable bonds is 7. The number of hydrogen-bond donors (Lipinski definition) is 2. The van der Waals surface area contributed by atoms with E-state index in [1.807, 2.05) is 49.9 Å². The minimum Gasteiger partial charge on any atom is -0.395 e. The Labute approximate surface area is 143 Å². The van der Waals surface area contributed by atoms with Crippen LogP contribution < -0.4 is 5.32 Å². The summed E-state index contributed by atoms with van der Waals surface area (Å²) in [6, 6.07) is 9.45. The number of carbonyl (C=O) groups excluding carboxylic acids is 1. The van der Waals surface area contributed by atoms with Gasteiger partial charge in [-0.1, -0.05) is 12.1 Å². The monoisotopic (exact) mass is 327 g/mol. The Morgan fingerprint density at radius 1 is 1.29 bits per heavy atom. The lowest BCUT2D eigenvalue weighted by atomic mass is 10.1. The van der Waals surface area contributed by atoms with Crippen molar-refractivity contribution in [2.45, 2.75) is 33.4 Å². The molecule has 0 aliphatic heterocycles. The molecule has 0 bridgehead atoms. The summed E-state index contributed by atoms with van der Waals surface area (Å²) in [5.74, 6) is -0.0858. The van der Waals surface area contributed by atoms with Gasteiger partial charge in [0, 0.05) is 31.2 Å². The predicted octanol–water partition coefficient (Wildman–Crippen LogP) is 2.52. The van der Waals surface area contributed by atoms with Gasteiger partial charge in [0.25, 0.3) is 0 Å². The molecule has 1 atom stereocenters. The first-order valence-electron chi connectivity index (χ1n) is 8.12. The fourth-order valence-electron chi connectivity index (χ4n) is 2.72. The molecule has 1 unspecified atom stereocenters. The second kappa shape index (κ2) is 8.57. The lowest BCUT2D eigenvalue weighted by molar-refractivity contribution is -0.121. The van der Waals surface area contributed by atoms with Crippen LogP contribution >= 0.6 is 0 Å². The quantitative estimate of drug-likeness (QED) is 0.820. The van der Waals surface area contributed by atoms with Crippen LogP contribution in [-0.4, -0.2) is 40.1 Å². The van der Waals surface area contributed by atoms with Gasteiger partial charge in [-0.25, -0.2) is 0 Å². The minimum absolute atomic E-state index is 0.00142. The Morgan fingerprint density at radius 2 is 2.00 bits per heavy atom. The fraction of sp³-hybridized carbons (Fsp3) is 0.368. The van der Waals surface area contributed by atoms with Crippen LogP contribution in [-0.2, 0) is 11.3 Å². The topological polar surface area (TPSA) is 65.5 Å². The Kier molecular flexibility index (Phi) is 6.46. The second-order valence-electron chi connectivity index (χ2n) is 6.10. The first-order valence-corrected chi connectivity index (χ1v) is 8.12. The minimum atomic E-state index is -0.363. The highest BCUT2D eigenvalue weighted by molar-refractivity contribution is 5.94. The van der Waals surface area contributed by atoms with Crippen molar-refractivity contribution in [3.05, 3.63) is 59.4 Å². The van der Waals surface area contributed by atoms with Gasteiger partial charge in [0.15, 0.2) is 0 Å². The molecule has 1 aromatic carbocycles. The number of aryl methyl sites for hydroxylation is 2. The smallest absolute Gasteiger partial charge is 0.241 e. The van der Waals surface area contributed by atoms with Crippen molar-refractivity contribution in [3.8, 4) is 0 Å². The molecular formula is C19H25N3O2. The molecule has 2 N–H and O–H groups in total. The van der Waals surface area contributed by atoms with Crippen molar-refractivity contribution in [3.63, 3.8) is 0 Å². The van der Waals surface area contributed by atoms with Crippen LogP contribution in [0.5, 0.6) is 0 Å². The van der Waals surface area contributed by atoms with E-state index in [-0.39, 0.29) is 18.6 Å². The standard InChI is InChI=1S/C19H25N3O2/c1-14-9-15(2)11-18(10-14)21-19(24)16(3)22(7-8-23)13-17-5-4-6-20-12-17/h4-6,9-12,16,23H,7-8,13H2,1-3H3,(H,21,24). The van der Waals surface area contributed by atoms with E-state index in [0.717, 1.165) is 22.4 Å². The molecule has 0 spiro atoms. The first-order chi connectivity index (χ1) is 11.5. The molecule has 0 aliphatic rings. The van der Waals surface area contributed by atoms with Crippen LogP contribution in [0.4, 0.5) is 5.69 Å². The molecule has 0 fully saturated rings. The average Bonchev–Trinajstić information content (AvgIpc) is 2.53. The Bertz CT molecular complexity index is 653. The van der Waals surface area contributed by atoms with Gasteiger partial charge in [0.1, 0.15) is 0 Å². The summed E-state index contributed by atoms with van der Waals surface area (Å²) in [6.07, 6.45) is 3.50. The highest BCUT2D eigenvalue weighted by Gasteiger charge is 2.21. The molecule has 5 nitrogen and oxygen atoms in total. The van der Waals surface area contributed by atoms with Gasteiger partial charge in [-0.2, -0.15) is 0 Å². The van der Waals surface area contributed by atoms with E-state index in [9.17, 15) is 9.90 Å². The summed E-state index contributed by atoms with van der Waals surface area (Å²) < 4.78 is 0. The van der Waals surface area contributed by atoms with Gasteiger partial charge in [0.2, 0.25) is 5.91 Å². The van der Waals surface area contributed by atoms with E-state index in [1.54, 1.807) is 12.4 Å². The number of benzene rings is 1. The van der Waals surface area contributed by atoms with E-state index in [2.05, 4.69) is 16.4 Å². The summed E-state index contributed by atoms with van der Waals surface area (Å²) in [4.78, 5) is 18.6. The molecule has 5 heteroatoms. The van der Waals surface area contributed by atoms with Crippen LogP contribution in [0.2, 0.25) is 0 Å². The average molecular weight is 327 g/mol. The van der Waals surface area contributed by atoms with Gasteiger partial charge in [0.05, 0.1) is 12.6 Å². The number of hydrogen-bond acceptors (Lipinski definition) is 4. The molecule has 2 aromatic rings. The molecular weight excluding hydrogens is 302 g/mol. The molecule has 24 heavy (non-hydrogen) atoms. The highest BCUT2D eigenvalue weighted by Crippen LogP contribution is 2.15. The van der Waals surface area contributed by atoms with Gasteiger partial charge in [-0.15, -0.1) is 0 Å². The summed E-state index contributed by atoms with van der Waals surface area (Å²) >= 11 is 0. The van der Waals surface area contributed by atoms with Crippen LogP contribution in [0, 0.1) is 13.8 Å². The van der Waals surface area contributed by atoms with Crippen molar-refractivity contribution >= 4 is 11.6 Å². The zero-order chi connectivity index (χ0) is 17.5. The number of pyridine rings is 1. The third-order valence-electron chi connectivity index (χ3n) is 3.91. The molecule has 1 amide bonds. The van der Waals surface area contributed by atoms with Gasteiger partial charge in [-0.05, 0) is 55.7 Å². The summed E-state index contributed by atoms with van der Waals surface area (Å²) in [6.45, 7) is 6.86. The van der Waals surface area contributed by atoms with E-state index in [0.29, 0.717) is 13.1 Å². The molecule has 2 rings (SSSR count). The fourth-order valence-corrected chi connectivity index (χ4v) is 2.72. The number of carbonyl (C=O) groups is 1. The van der Waals surface area contributed by atoms with Gasteiger partial charge in [-0.3, -0.25) is 14.7 Å². The molecule has 1 aromatic heterocycles. The SMILES string of the molecule is Cc1cc(C)cc(NC(=O)C(C)N(CCO)Cc2cccnc2)c1. The molecule has 0 saturated heterocycles. The zero-order valence-corrected chi connectivity index (χ0v) is 14.5. The largest absolute Gasteiger partial charge is 0.395 e. The lowest BCUT2D eigenvalue weighted by Crippen LogP contribution is -2.43. The number of aliphatic hydroxyl groups is 1. The summed E-state index contributed by atoms with van der Waals surface area (Å²) in [5, 5.41) is 12.3. The first kappa shape index (κ1) is 18.1. The van der Waals surface area contributed by atoms with Crippen molar-refractivity contribution in [2.24, 2.45) is 0 Å². The molecule has 0 saturated carbocycles. The number of aromatic nitrogens is 1. The van der Waals surface area contributed by atoms with E-state index >= 15 is 0 Å². The highest BCUT2D eigenvalue weighted by atomic mass is 16.3. The zero-order valence-electron chi connectivity index (χ0n) is 14.5. The van der Waals surface area contributed by atoms with Gasteiger partial charge >= 0.3 is 0 Å². The maximum absolute atomic E-state index is 12.6. The molecule has 1 heterocycles. The molecule has 0 aliphatic carbocycles. The third kappa shape index (κ3) is 5.15. The maximum Gasteiger partial charge on any atom is 0.241 e.